The van der Waals surface area contributed by atoms with Crippen LogP contribution in [0.15, 0.2) is 11.8 Å². The monoisotopic (exact) mass is 1170 g/mol. The van der Waals surface area contributed by atoms with Gasteiger partial charge >= 0.3 is 74.1 Å². The van der Waals surface area contributed by atoms with Crippen LogP contribution < -0.4 is 9.44 Å². The number of carboxylic acid groups (broad SMARTS) is 2. The molecule has 0 spiro atoms. The fraction of sp³-hybridized carbons (Fsp3) is 0.840. The van der Waals surface area contributed by atoms with Gasteiger partial charge in [-0.3, -0.25) is 27.3 Å². The van der Waals surface area contributed by atoms with Crippen LogP contribution in [0.2, 0.25) is 0 Å². The van der Waals surface area contributed by atoms with Gasteiger partial charge in [0.2, 0.25) is 12.0 Å². The second kappa shape index (κ2) is 23.0. The first-order valence-corrected chi connectivity index (χ1v) is 26.6. The van der Waals surface area contributed by atoms with E-state index in [4.69, 9.17) is 42.4 Å². The summed E-state index contributed by atoms with van der Waals surface area (Å²) in [6.07, 6.45) is -43.2. The Hall–Kier alpha value is -2.74. The van der Waals surface area contributed by atoms with Crippen molar-refractivity contribution in [3.05, 3.63) is 11.8 Å². The summed E-state index contributed by atoms with van der Waals surface area (Å²) in [5.41, 5.74) is 0. The van der Waals surface area contributed by atoms with Gasteiger partial charge in [0.25, 0.3) is 0 Å². The van der Waals surface area contributed by atoms with Gasteiger partial charge in [0.1, 0.15) is 73.1 Å². The predicted octanol–water partition coefficient (Wildman–Crippen LogP) is -9.65. The van der Waals surface area contributed by atoms with Crippen molar-refractivity contribution >= 4 is 74.1 Å². The van der Waals surface area contributed by atoms with Gasteiger partial charge in [0, 0.05) is 7.11 Å². The lowest BCUT2D eigenvalue weighted by molar-refractivity contribution is -0.362. The molecule has 0 saturated carbocycles. The zero-order chi connectivity index (χ0) is 54.1. The highest BCUT2D eigenvalue weighted by Crippen LogP contribution is 2.37. The van der Waals surface area contributed by atoms with E-state index in [-0.39, 0.29) is 0 Å². The summed E-state index contributed by atoms with van der Waals surface area (Å²) in [4.78, 5) is 24.4. The van der Waals surface area contributed by atoms with E-state index in [2.05, 4.69) is 16.7 Å². The number of nitrogens with one attached hydrogen (secondary N) is 2. The van der Waals surface area contributed by atoms with E-state index in [1.165, 1.54) is 9.44 Å². The highest BCUT2D eigenvalue weighted by atomic mass is 32.3. The van der Waals surface area contributed by atoms with Crippen LogP contribution in [0.5, 0.6) is 0 Å². The number of aliphatic hydroxyl groups is 4. The molecular formula is C25H40N2O38S6. The van der Waals surface area contributed by atoms with E-state index in [0.717, 1.165) is 7.11 Å². The third kappa shape index (κ3) is 17.7. The van der Waals surface area contributed by atoms with Crippen LogP contribution in [-0.2, 0) is 126 Å². The minimum Gasteiger partial charge on any atom is -0.479 e. The minimum atomic E-state index is -6.10. The molecule has 0 aromatic carbocycles. The smallest absolute Gasteiger partial charge is 0.397 e. The number of aliphatic hydroxyl groups excluding tert-OH is 4. The Morgan fingerprint density at radius 2 is 1.01 bits per heavy atom. The highest BCUT2D eigenvalue weighted by molar-refractivity contribution is 7.84. The van der Waals surface area contributed by atoms with Gasteiger partial charge in [-0.15, -0.1) is 0 Å². The largest absolute Gasteiger partial charge is 0.479 e. The van der Waals surface area contributed by atoms with Crippen molar-refractivity contribution < 1.29 is 173 Å². The lowest BCUT2D eigenvalue weighted by Crippen LogP contribution is -2.70. The topological polar surface area (TPSA) is 617 Å². The molecule has 4 aliphatic heterocycles. The molecule has 414 valence electrons. The van der Waals surface area contributed by atoms with Crippen LogP contribution in [0.1, 0.15) is 0 Å². The summed E-state index contributed by atoms with van der Waals surface area (Å²) in [5, 5.41) is 63.3. The van der Waals surface area contributed by atoms with Crippen LogP contribution in [0.4, 0.5) is 0 Å². The fourth-order valence-electron chi connectivity index (χ4n) is 6.77. The third-order valence-electron chi connectivity index (χ3n) is 9.39. The number of ether oxygens (including phenoxy) is 8. The molecule has 0 bridgehead atoms. The van der Waals surface area contributed by atoms with Crippen LogP contribution in [0, 0.1) is 0 Å². The second-order valence-corrected chi connectivity index (χ2v) is 21.0. The summed E-state index contributed by atoms with van der Waals surface area (Å²) < 4.78 is 262. The first kappa shape index (κ1) is 60.8. The Balaban J connectivity index is 1.87. The number of hydrogen-bond acceptors (Lipinski definition) is 30. The van der Waals surface area contributed by atoms with Crippen molar-refractivity contribution in [3.63, 3.8) is 0 Å². The minimum absolute atomic E-state index is 0.378. The standard InChI is InChI=1S/C25H40N2O38S6/c1-54-22-9(26-66(36,37)38)12(30)14(7(58-22)3-55-68(42,43)44)60-25-18(65-71(51,52)53)13(31)17(19(63-25)21(34)35)62-23-10(27-67(39,40)41)16(64-70(48,49)50)15(8(59-23)4-56-69(45,46)47)61-24-11(29)5(28)2-6(57-24)20(32)33/h2,5,7-19,22-31H,3-4H2,1H3,(H,32,33)(H,34,35)(H,36,37,38)(H,39,40,41)(H,42,43,44)(H,45,46,47)(H,48,49,50)(H,51,52,53)/t5-,7+,8+,9+,10+,11+,12+,13-,14?,15?,16+,17?,18+,19+,22-,23?,24?,25?/m0/s1. The molecule has 4 aliphatic rings. The molecule has 4 heterocycles. The number of carboxylic acids is 2. The maximum Gasteiger partial charge on any atom is 0.397 e. The molecule has 0 amide bonds. The van der Waals surface area contributed by atoms with Gasteiger partial charge in [-0.2, -0.15) is 60.0 Å². The first-order chi connectivity index (χ1) is 32.2. The van der Waals surface area contributed by atoms with Crippen molar-refractivity contribution in [3.8, 4) is 0 Å². The zero-order valence-electron chi connectivity index (χ0n) is 34.3. The summed E-state index contributed by atoms with van der Waals surface area (Å²) in [6.45, 7) is -3.26. The molecule has 6 unspecified atom stereocenters. The summed E-state index contributed by atoms with van der Waals surface area (Å²) >= 11 is 0. The van der Waals surface area contributed by atoms with E-state index in [9.17, 15) is 113 Å². The molecule has 4 rings (SSSR count). The molecule has 0 aliphatic carbocycles. The number of hydrogen-bond donors (Lipinski definition) is 14. The van der Waals surface area contributed by atoms with Crippen molar-refractivity contribution in [1.29, 1.82) is 0 Å². The third-order valence-corrected chi connectivity index (χ3v) is 12.3. The quantitative estimate of drug-likeness (QED) is 0.0423. The molecule has 18 atom stereocenters. The Kier molecular flexibility index (Phi) is 19.7. The van der Waals surface area contributed by atoms with Gasteiger partial charge in [-0.25, -0.2) is 26.3 Å². The van der Waals surface area contributed by atoms with Gasteiger partial charge < -0.3 is 68.5 Å². The lowest BCUT2D eigenvalue weighted by Gasteiger charge is -2.49. The van der Waals surface area contributed by atoms with Gasteiger partial charge in [0.15, 0.2) is 31.1 Å². The Bertz CT molecular complexity index is 2630. The average Bonchev–Trinajstić information content (AvgIpc) is 3.18. The van der Waals surface area contributed by atoms with Gasteiger partial charge in [-0.1, -0.05) is 0 Å². The maximum atomic E-state index is 12.8. The van der Waals surface area contributed by atoms with Gasteiger partial charge in [-0.05, 0) is 6.08 Å². The maximum absolute atomic E-state index is 12.8. The van der Waals surface area contributed by atoms with Crippen molar-refractivity contribution in [2.24, 2.45) is 0 Å². The van der Waals surface area contributed by atoms with E-state index in [1.807, 2.05) is 0 Å². The molecule has 46 heteroatoms. The average molecular weight is 1170 g/mol. The summed E-state index contributed by atoms with van der Waals surface area (Å²) in [6, 6.07) is -5.27. The number of methoxy groups -OCH3 is 1. The van der Waals surface area contributed by atoms with Crippen LogP contribution in [0.3, 0.4) is 0 Å². The zero-order valence-corrected chi connectivity index (χ0v) is 39.2. The Morgan fingerprint density at radius 3 is 1.48 bits per heavy atom. The second-order valence-electron chi connectivity index (χ2n) is 14.3. The van der Waals surface area contributed by atoms with Crippen LogP contribution >= 0.6 is 0 Å². The molecule has 14 N–H and O–H groups in total. The number of carbonyl (C=O) groups is 2. The lowest BCUT2D eigenvalue weighted by atomic mass is 9.95. The fourth-order valence-corrected chi connectivity index (χ4v) is 9.56. The summed E-state index contributed by atoms with van der Waals surface area (Å²) in [7, 11) is -33.8. The van der Waals surface area contributed by atoms with E-state index < -0.39 is 204 Å². The molecule has 0 radical (unpaired) electrons. The van der Waals surface area contributed by atoms with E-state index >= 15 is 0 Å². The molecule has 71 heavy (non-hydrogen) atoms. The molecule has 3 saturated heterocycles. The first-order valence-electron chi connectivity index (χ1n) is 18.2. The molecule has 0 aromatic rings. The number of aliphatic carboxylic acids is 2. The van der Waals surface area contributed by atoms with E-state index in [0.29, 0.717) is 6.08 Å². The van der Waals surface area contributed by atoms with Crippen molar-refractivity contribution in [1.82, 2.24) is 9.44 Å². The molecule has 40 nitrogen and oxygen atoms in total. The Morgan fingerprint density at radius 1 is 0.549 bits per heavy atom. The predicted molar refractivity (Wildman–Crippen MR) is 205 cm³/mol. The van der Waals surface area contributed by atoms with E-state index in [1.54, 1.807) is 0 Å². The van der Waals surface area contributed by atoms with Crippen LogP contribution in [-0.4, -0.2) is 251 Å². The molecule has 3 fully saturated rings. The molecule has 0 aromatic heterocycles. The summed E-state index contributed by atoms with van der Waals surface area (Å²) in [5.74, 6) is -5.62. The highest BCUT2D eigenvalue weighted by Gasteiger charge is 2.59. The number of rotatable bonds is 23. The normalized spacial score (nSPS) is 36.9. The SMILES string of the molecule is CO[C@H]1O[C@H](COS(=O)(=O)O)C(OC2O[C@@H](C(=O)O)C(OC3O[C@H](COS(=O)(=O)O)C(OC4OC(C(=O)O)=C[C@H](O)[C@H]4O)[C@H](OS(=O)(=O)O)[C@H]3NS(=O)(=O)O)[C@H](O)[C@H]2OS(=O)(=O)O)[C@H](O)[C@H]1NS(=O)(=O)O. The van der Waals surface area contributed by atoms with Crippen molar-refractivity contribution in [2.75, 3.05) is 20.3 Å². The van der Waals surface area contributed by atoms with Crippen LogP contribution in [0.25, 0.3) is 0 Å². The van der Waals surface area contributed by atoms with Crippen molar-refractivity contribution in [2.45, 2.75) is 110 Å². The molecular weight excluding hydrogens is 1130 g/mol. The Labute approximate surface area is 397 Å². The van der Waals surface area contributed by atoms with Gasteiger partial charge in [0.05, 0.1) is 13.2 Å².